The van der Waals surface area contributed by atoms with E-state index >= 15 is 0 Å². The third-order valence-electron chi connectivity index (χ3n) is 1.41. The molecular formula is C6H7O2. The van der Waals surface area contributed by atoms with E-state index < -0.39 is 0 Å². The second-order valence-corrected chi connectivity index (χ2v) is 2.10. The summed E-state index contributed by atoms with van der Waals surface area (Å²) in [7, 11) is 0. The average Bonchev–Trinajstić information content (AvgIpc) is 2.14. The lowest BCUT2D eigenvalue weighted by Crippen LogP contribution is -1.94. The number of rotatable bonds is 1. The number of carbonyl (C=O) groups is 1. The first kappa shape index (κ1) is 5.48. The standard InChI is InChI=1S/C6H7O2/c7-4-5-1-2-6(8)3-5/h5H,1-3H2. The molecule has 1 aliphatic carbocycles. The van der Waals surface area contributed by atoms with Gasteiger partial charge in [-0.2, -0.15) is 0 Å². The van der Waals surface area contributed by atoms with Crippen LogP contribution < -0.4 is 0 Å². The third kappa shape index (κ3) is 0.941. The van der Waals surface area contributed by atoms with Crippen molar-refractivity contribution >= 4 is 12.1 Å². The first-order chi connectivity index (χ1) is 3.83. The van der Waals surface area contributed by atoms with Gasteiger partial charge in [-0.15, -0.1) is 0 Å². The van der Waals surface area contributed by atoms with Crippen LogP contribution in [-0.4, -0.2) is 12.1 Å². The zero-order chi connectivity index (χ0) is 5.98. The van der Waals surface area contributed by atoms with Crippen LogP contribution in [0.25, 0.3) is 0 Å². The van der Waals surface area contributed by atoms with Crippen molar-refractivity contribution in [1.82, 2.24) is 0 Å². The van der Waals surface area contributed by atoms with Gasteiger partial charge >= 0.3 is 0 Å². The number of hydrogen-bond donors (Lipinski definition) is 0. The quantitative estimate of drug-likeness (QED) is 0.492. The maximum atomic E-state index is 10.4. The Bertz CT molecular complexity index is 118. The fourth-order valence-corrected chi connectivity index (χ4v) is 0.915. The highest BCUT2D eigenvalue weighted by molar-refractivity contribution is 5.84. The lowest BCUT2D eigenvalue weighted by atomic mass is 10.1. The van der Waals surface area contributed by atoms with Gasteiger partial charge in [0.1, 0.15) is 5.78 Å². The average molecular weight is 111 g/mol. The highest BCUT2D eigenvalue weighted by Crippen LogP contribution is 2.18. The van der Waals surface area contributed by atoms with Crippen molar-refractivity contribution in [3.8, 4) is 0 Å². The van der Waals surface area contributed by atoms with E-state index in [9.17, 15) is 9.59 Å². The van der Waals surface area contributed by atoms with Gasteiger partial charge in [-0.3, -0.25) is 9.59 Å². The zero-order valence-electron chi connectivity index (χ0n) is 4.52. The summed E-state index contributed by atoms with van der Waals surface area (Å²) in [5, 5.41) is 0. The first-order valence-corrected chi connectivity index (χ1v) is 2.72. The molecule has 2 heteroatoms. The molecule has 0 bridgehead atoms. The molecule has 0 aromatic carbocycles. The summed E-state index contributed by atoms with van der Waals surface area (Å²) in [6.45, 7) is 0. The predicted molar refractivity (Wildman–Crippen MR) is 28.0 cm³/mol. The Kier molecular flexibility index (Phi) is 1.42. The van der Waals surface area contributed by atoms with Gasteiger partial charge in [-0.05, 0) is 6.42 Å². The predicted octanol–water partition coefficient (Wildman–Crippen LogP) is 0.465. The second-order valence-electron chi connectivity index (χ2n) is 2.10. The van der Waals surface area contributed by atoms with Crippen LogP contribution in [0.5, 0.6) is 0 Å². The number of hydrogen-bond acceptors (Lipinski definition) is 2. The Labute approximate surface area is 47.9 Å². The maximum absolute atomic E-state index is 10.4. The molecule has 1 rings (SSSR count). The minimum atomic E-state index is -0.0810. The molecule has 0 aromatic rings. The van der Waals surface area contributed by atoms with E-state index in [0.29, 0.717) is 12.8 Å². The van der Waals surface area contributed by atoms with Crippen LogP contribution >= 0.6 is 0 Å². The third-order valence-corrected chi connectivity index (χ3v) is 1.41. The first-order valence-electron chi connectivity index (χ1n) is 2.72. The molecule has 0 aromatic heterocycles. The molecule has 43 valence electrons. The van der Waals surface area contributed by atoms with E-state index in [-0.39, 0.29) is 11.7 Å². The molecule has 0 N–H and O–H groups in total. The van der Waals surface area contributed by atoms with Crippen LogP contribution in [-0.2, 0) is 9.59 Å². The van der Waals surface area contributed by atoms with Crippen molar-refractivity contribution in [2.75, 3.05) is 0 Å². The van der Waals surface area contributed by atoms with Gasteiger partial charge in [-0.1, -0.05) is 0 Å². The largest absolute Gasteiger partial charge is 0.300 e. The van der Waals surface area contributed by atoms with Crippen molar-refractivity contribution in [2.24, 2.45) is 5.92 Å². The van der Waals surface area contributed by atoms with Crippen molar-refractivity contribution in [2.45, 2.75) is 19.3 Å². The summed E-state index contributed by atoms with van der Waals surface area (Å²) in [4.78, 5) is 20.3. The second kappa shape index (κ2) is 2.07. The van der Waals surface area contributed by atoms with Crippen LogP contribution in [0.4, 0.5) is 0 Å². The Morgan fingerprint density at radius 2 is 2.38 bits per heavy atom. The SMILES string of the molecule is O=[C]C1CCC(=O)C1. The van der Waals surface area contributed by atoms with E-state index in [2.05, 4.69) is 0 Å². The number of carbonyl (C=O) groups excluding carboxylic acids is 2. The van der Waals surface area contributed by atoms with Gasteiger partial charge in [0.15, 0.2) is 0 Å². The summed E-state index contributed by atoms with van der Waals surface area (Å²) in [5.74, 6) is 0.126. The molecular weight excluding hydrogens is 104 g/mol. The van der Waals surface area contributed by atoms with Crippen molar-refractivity contribution < 1.29 is 9.59 Å². The van der Waals surface area contributed by atoms with Gasteiger partial charge in [0.25, 0.3) is 0 Å². The fourth-order valence-electron chi connectivity index (χ4n) is 0.915. The Morgan fingerprint density at radius 1 is 1.62 bits per heavy atom. The fraction of sp³-hybridized carbons (Fsp3) is 0.667. The van der Waals surface area contributed by atoms with Crippen LogP contribution in [0.3, 0.4) is 0 Å². The van der Waals surface area contributed by atoms with Gasteiger partial charge in [0.05, 0.1) is 0 Å². The molecule has 1 atom stereocenters. The summed E-state index contributed by atoms with van der Waals surface area (Å²) >= 11 is 0. The van der Waals surface area contributed by atoms with Crippen molar-refractivity contribution in [1.29, 1.82) is 0 Å². The molecule has 0 spiro atoms. The van der Waals surface area contributed by atoms with Gasteiger partial charge in [0.2, 0.25) is 6.29 Å². The van der Waals surface area contributed by atoms with E-state index in [0.717, 1.165) is 6.42 Å². The lowest BCUT2D eigenvalue weighted by Gasteiger charge is -1.87. The van der Waals surface area contributed by atoms with Gasteiger partial charge in [0, 0.05) is 18.8 Å². The van der Waals surface area contributed by atoms with E-state index in [1.807, 2.05) is 6.29 Å². The maximum Gasteiger partial charge on any atom is 0.202 e. The van der Waals surface area contributed by atoms with Crippen LogP contribution in [0.2, 0.25) is 0 Å². The molecule has 8 heavy (non-hydrogen) atoms. The Balaban J connectivity index is 2.43. The van der Waals surface area contributed by atoms with Gasteiger partial charge in [-0.25, -0.2) is 0 Å². The van der Waals surface area contributed by atoms with Crippen molar-refractivity contribution in [3.63, 3.8) is 0 Å². The summed E-state index contributed by atoms with van der Waals surface area (Å²) in [6.07, 6.45) is 3.57. The zero-order valence-corrected chi connectivity index (χ0v) is 4.52. The highest BCUT2D eigenvalue weighted by Gasteiger charge is 2.21. The Hall–Kier alpha value is -0.660. The molecule has 1 saturated carbocycles. The lowest BCUT2D eigenvalue weighted by molar-refractivity contribution is -0.117. The minimum Gasteiger partial charge on any atom is -0.300 e. The molecule has 0 heterocycles. The van der Waals surface area contributed by atoms with Crippen LogP contribution in [0.1, 0.15) is 19.3 Å². The van der Waals surface area contributed by atoms with Crippen LogP contribution in [0, 0.1) is 5.92 Å². The summed E-state index contributed by atoms with van der Waals surface area (Å²) in [5.41, 5.74) is 0. The molecule has 0 aliphatic heterocycles. The molecule has 1 fully saturated rings. The molecule has 1 aliphatic rings. The summed E-state index contributed by atoms with van der Waals surface area (Å²) < 4.78 is 0. The monoisotopic (exact) mass is 111 g/mol. The number of Topliss-reactive ketones (excluding diaryl/α,β-unsaturated/α-hetero) is 1. The van der Waals surface area contributed by atoms with E-state index in [1.165, 1.54) is 0 Å². The molecule has 1 radical (unpaired) electrons. The smallest absolute Gasteiger partial charge is 0.202 e. The van der Waals surface area contributed by atoms with E-state index in [1.54, 1.807) is 0 Å². The minimum absolute atomic E-state index is 0.0810. The molecule has 0 saturated heterocycles. The van der Waals surface area contributed by atoms with Gasteiger partial charge < -0.3 is 0 Å². The highest BCUT2D eigenvalue weighted by atomic mass is 16.1. The van der Waals surface area contributed by atoms with Crippen LogP contribution in [0.15, 0.2) is 0 Å². The van der Waals surface area contributed by atoms with E-state index in [4.69, 9.17) is 0 Å². The topological polar surface area (TPSA) is 34.1 Å². The summed E-state index contributed by atoms with van der Waals surface area (Å²) in [6, 6.07) is 0. The molecule has 1 unspecified atom stereocenters. The molecule has 2 nitrogen and oxygen atoms in total. The number of ketones is 1. The van der Waals surface area contributed by atoms with Crippen molar-refractivity contribution in [3.05, 3.63) is 0 Å². The normalized spacial score (nSPS) is 28.5. The Morgan fingerprint density at radius 3 is 2.62 bits per heavy atom. The molecule has 0 amide bonds.